The van der Waals surface area contributed by atoms with Crippen molar-refractivity contribution in [3.63, 3.8) is 0 Å². The van der Waals surface area contributed by atoms with Crippen molar-refractivity contribution in [1.29, 1.82) is 0 Å². The summed E-state index contributed by atoms with van der Waals surface area (Å²) in [5.41, 5.74) is 1.11. The largest absolute Gasteiger partial charge is 0.245 e. The molecular weight excluding hydrogens is 154 g/mol. The van der Waals surface area contributed by atoms with Gasteiger partial charge in [0.05, 0.1) is 11.6 Å². The summed E-state index contributed by atoms with van der Waals surface area (Å²) >= 11 is 7.23. The second-order valence-electron chi connectivity index (χ2n) is 1.88. The lowest BCUT2D eigenvalue weighted by Crippen LogP contribution is -1.74. The van der Waals surface area contributed by atoms with Gasteiger partial charge in [0, 0.05) is 4.88 Å². The predicted octanol–water partition coefficient (Wildman–Crippen LogP) is 2.50. The Hall–Kier alpha value is -0.0800. The molecule has 0 bridgehead atoms. The van der Waals surface area contributed by atoms with Gasteiger partial charge in [-0.3, -0.25) is 0 Å². The van der Waals surface area contributed by atoms with Crippen molar-refractivity contribution >= 4 is 22.9 Å². The maximum atomic E-state index is 5.56. The van der Waals surface area contributed by atoms with Gasteiger partial charge in [-0.15, -0.1) is 22.9 Å². The molecule has 0 aliphatic heterocycles. The van der Waals surface area contributed by atoms with Crippen molar-refractivity contribution < 1.29 is 0 Å². The second kappa shape index (κ2) is 2.67. The van der Waals surface area contributed by atoms with Gasteiger partial charge in [-0.25, -0.2) is 4.98 Å². The number of halogens is 1. The number of hydrogen-bond acceptors (Lipinski definition) is 2. The van der Waals surface area contributed by atoms with Gasteiger partial charge in [0.15, 0.2) is 0 Å². The first-order valence-corrected chi connectivity index (χ1v) is 4.08. The van der Waals surface area contributed by atoms with E-state index >= 15 is 0 Å². The molecule has 0 radical (unpaired) electrons. The fraction of sp³-hybridized carbons (Fsp3) is 0.500. The highest BCUT2D eigenvalue weighted by Crippen LogP contribution is 2.17. The Morgan fingerprint density at radius 3 is 2.44 bits per heavy atom. The van der Waals surface area contributed by atoms with Gasteiger partial charge in [-0.05, 0) is 13.8 Å². The molecule has 0 aliphatic rings. The van der Waals surface area contributed by atoms with E-state index in [-0.39, 0.29) is 0 Å². The van der Waals surface area contributed by atoms with E-state index in [4.69, 9.17) is 11.6 Å². The van der Waals surface area contributed by atoms with Crippen molar-refractivity contribution in [2.24, 2.45) is 0 Å². The lowest BCUT2D eigenvalue weighted by atomic mass is 10.4. The predicted molar refractivity (Wildman–Crippen MR) is 41.1 cm³/mol. The number of thiazole rings is 1. The Morgan fingerprint density at radius 1 is 1.56 bits per heavy atom. The molecule has 0 amide bonds. The number of alkyl halides is 1. The Balaban J connectivity index is 2.98. The number of hydrogen-bond donors (Lipinski definition) is 0. The zero-order chi connectivity index (χ0) is 6.85. The second-order valence-corrected chi connectivity index (χ2v) is 3.44. The lowest BCUT2D eigenvalue weighted by molar-refractivity contribution is 1.16. The molecule has 9 heavy (non-hydrogen) atoms. The van der Waals surface area contributed by atoms with Crippen molar-refractivity contribution in [2.75, 3.05) is 0 Å². The van der Waals surface area contributed by atoms with Crippen LogP contribution in [-0.4, -0.2) is 4.98 Å². The third-order valence-electron chi connectivity index (χ3n) is 1.19. The number of nitrogens with zero attached hydrogens (tertiary/aromatic N) is 1. The van der Waals surface area contributed by atoms with Gasteiger partial charge in [-0.2, -0.15) is 0 Å². The number of aromatic nitrogens is 1. The first-order chi connectivity index (χ1) is 4.24. The summed E-state index contributed by atoms with van der Waals surface area (Å²) in [5.74, 6) is 0.541. The Labute approximate surface area is 63.7 Å². The van der Waals surface area contributed by atoms with Crippen LogP contribution in [0.2, 0.25) is 0 Å². The number of rotatable bonds is 1. The summed E-state index contributed by atoms with van der Waals surface area (Å²) in [5, 5.41) is 1.02. The maximum Gasteiger partial charge on any atom is 0.108 e. The van der Waals surface area contributed by atoms with Crippen molar-refractivity contribution in [3.8, 4) is 0 Å². The molecule has 0 unspecified atom stereocenters. The van der Waals surface area contributed by atoms with Crippen LogP contribution in [0, 0.1) is 13.8 Å². The van der Waals surface area contributed by atoms with E-state index in [9.17, 15) is 0 Å². The van der Waals surface area contributed by atoms with Crippen LogP contribution in [0.15, 0.2) is 0 Å². The molecule has 50 valence electrons. The normalized spacial score (nSPS) is 10.1. The summed E-state index contributed by atoms with van der Waals surface area (Å²) in [4.78, 5) is 5.48. The minimum Gasteiger partial charge on any atom is -0.245 e. The highest BCUT2D eigenvalue weighted by atomic mass is 35.5. The Bertz CT molecular complexity index is 187. The quantitative estimate of drug-likeness (QED) is 0.577. The van der Waals surface area contributed by atoms with E-state index in [0.29, 0.717) is 5.88 Å². The average molecular weight is 162 g/mol. The van der Waals surface area contributed by atoms with Gasteiger partial charge in [0.25, 0.3) is 0 Å². The Morgan fingerprint density at radius 2 is 2.22 bits per heavy atom. The van der Waals surface area contributed by atoms with Crippen LogP contribution < -0.4 is 0 Å². The van der Waals surface area contributed by atoms with Gasteiger partial charge in [0.2, 0.25) is 0 Å². The molecule has 0 spiro atoms. The SMILES string of the molecule is Cc1nc(CCl)sc1C. The first kappa shape index (κ1) is 7.03. The van der Waals surface area contributed by atoms with Crippen LogP contribution in [0.5, 0.6) is 0 Å². The maximum absolute atomic E-state index is 5.56. The molecule has 1 heterocycles. The molecule has 1 aromatic rings. The molecule has 3 heteroatoms. The highest BCUT2D eigenvalue weighted by molar-refractivity contribution is 7.11. The monoisotopic (exact) mass is 161 g/mol. The van der Waals surface area contributed by atoms with E-state index in [0.717, 1.165) is 10.7 Å². The summed E-state index contributed by atoms with van der Waals surface area (Å²) < 4.78 is 0. The Kier molecular flexibility index (Phi) is 2.09. The molecule has 0 N–H and O–H groups in total. The zero-order valence-corrected chi connectivity index (χ0v) is 7.01. The van der Waals surface area contributed by atoms with Crippen LogP contribution in [0.25, 0.3) is 0 Å². The van der Waals surface area contributed by atoms with Crippen LogP contribution in [0.3, 0.4) is 0 Å². The van der Waals surface area contributed by atoms with Crippen LogP contribution in [0.1, 0.15) is 15.6 Å². The van der Waals surface area contributed by atoms with E-state index in [1.807, 2.05) is 6.92 Å². The first-order valence-electron chi connectivity index (χ1n) is 2.73. The minimum atomic E-state index is 0.541. The topological polar surface area (TPSA) is 12.9 Å². The van der Waals surface area contributed by atoms with Crippen molar-refractivity contribution in [2.45, 2.75) is 19.7 Å². The smallest absolute Gasteiger partial charge is 0.108 e. The summed E-state index contributed by atoms with van der Waals surface area (Å²) in [6.07, 6.45) is 0. The van der Waals surface area contributed by atoms with Gasteiger partial charge in [-0.1, -0.05) is 0 Å². The molecule has 0 saturated carbocycles. The third-order valence-corrected chi connectivity index (χ3v) is 2.67. The lowest BCUT2D eigenvalue weighted by Gasteiger charge is -1.78. The van der Waals surface area contributed by atoms with E-state index in [1.54, 1.807) is 11.3 Å². The van der Waals surface area contributed by atoms with Gasteiger partial charge >= 0.3 is 0 Å². The minimum absolute atomic E-state index is 0.541. The third kappa shape index (κ3) is 1.43. The van der Waals surface area contributed by atoms with E-state index in [1.165, 1.54) is 4.88 Å². The van der Waals surface area contributed by atoms with E-state index in [2.05, 4.69) is 11.9 Å². The molecule has 0 saturated heterocycles. The fourth-order valence-corrected chi connectivity index (χ4v) is 1.60. The molecule has 1 rings (SSSR count). The molecular formula is C6H8ClNS. The number of aryl methyl sites for hydroxylation is 2. The summed E-state index contributed by atoms with van der Waals surface area (Å²) in [7, 11) is 0. The molecule has 0 atom stereocenters. The highest BCUT2D eigenvalue weighted by Gasteiger charge is 1.99. The van der Waals surface area contributed by atoms with Gasteiger partial charge < -0.3 is 0 Å². The van der Waals surface area contributed by atoms with E-state index < -0.39 is 0 Å². The molecule has 0 fully saturated rings. The standard InChI is InChI=1S/C6H8ClNS/c1-4-5(2)9-6(3-7)8-4/h3H2,1-2H3. The van der Waals surface area contributed by atoms with Crippen LogP contribution in [0.4, 0.5) is 0 Å². The van der Waals surface area contributed by atoms with Gasteiger partial charge in [0.1, 0.15) is 5.01 Å². The molecule has 0 aromatic carbocycles. The molecule has 1 nitrogen and oxygen atoms in total. The summed E-state index contributed by atoms with van der Waals surface area (Å²) in [6.45, 7) is 4.06. The van der Waals surface area contributed by atoms with Crippen LogP contribution >= 0.6 is 22.9 Å². The van der Waals surface area contributed by atoms with Crippen molar-refractivity contribution in [3.05, 3.63) is 15.6 Å². The average Bonchev–Trinajstić information content (AvgIpc) is 2.13. The van der Waals surface area contributed by atoms with Crippen molar-refractivity contribution in [1.82, 2.24) is 4.98 Å². The fourth-order valence-electron chi connectivity index (χ4n) is 0.596. The molecule has 1 aromatic heterocycles. The zero-order valence-electron chi connectivity index (χ0n) is 5.44. The summed E-state index contributed by atoms with van der Waals surface area (Å²) in [6, 6.07) is 0. The molecule has 0 aliphatic carbocycles. The van der Waals surface area contributed by atoms with Crippen LogP contribution in [-0.2, 0) is 5.88 Å².